The molecular weight excluding hydrogens is 609 g/mol. The molecule has 0 aromatic heterocycles. The van der Waals surface area contributed by atoms with Gasteiger partial charge >= 0.3 is 13.9 Å². The molecule has 0 saturated carbocycles. The van der Waals surface area contributed by atoms with Crippen LogP contribution in [0.4, 0.5) is 4.79 Å². The molecule has 4 amide bonds. The van der Waals surface area contributed by atoms with Crippen LogP contribution in [0.1, 0.15) is 16.7 Å². The minimum atomic E-state index is -4.73. The number of piperazine rings is 1. The van der Waals surface area contributed by atoms with Crippen LogP contribution in [0.5, 0.6) is 5.75 Å². The van der Waals surface area contributed by atoms with E-state index in [0.717, 1.165) is 21.9 Å². The van der Waals surface area contributed by atoms with E-state index in [2.05, 4.69) is 9.84 Å². The molecule has 3 N–H and O–H groups in total. The summed E-state index contributed by atoms with van der Waals surface area (Å²) >= 11 is 0. The van der Waals surface area contributed by atoms with Crippen molar-refractivity contribution in [3.63, 3.8) is 0 Å². The highest BCUT2D eigenvalue weighted by atomic mass is 31.2. The summed E-state index contributed by atoms with van der Waals surface area (Å²) < 4.78 is 15.9. The summed E-state index contributed by atoms with van der Waals surface area (Å²) in [6.07, 6.45) is -0.448. The summed E-state index contributed by atoms with van der Waals surface area (Å²) in [5.41, 5.74) is 2.56. The first-order valence-corrected chi connectivity index (χ1v) is 16.3. The highest BCUT2D eigenvalue weighted by molar-refractivity contribution is 7.46. The third kappa shape index (κ3) is 6.75. The number of hydrogen-bond acceptors (Lipinski definition) is 6. The van der Waals surface area contributed by atoms with Gasteiger partial charge in [-0.3, -0.25) is 24.4 Å². The molecule has 6 rings (SSSR count). The van der Waals surface area contributed by atoms with Gasteiger partial charge in [-0.15, -0.1) is 0 Å². The Morgan fingerprint density at radius 1 is 0.935 bits per heavy atom. The van der Waals surface area contributed by atoms with Gasteiger partial charge < -0.3 is 19.6 Å². The molecule has 12 nitrogen and oxygen atoms in total. The zero-order chi connectivity index (χ0) is 32.4. The number of phosphoric ester groups is 1. The Hall–Kier alpha value is -4.74. The van der Waals surface area contributed by atoms with Gasteiger partial charge in [0.1, 0.15) is 18.0 Å². The highest BCUT2D eigenvalue weighted by Crippen LogP contribution is 2.38. The summed E-state index contributed by atoms with van der Waals surface area (Å²) in [7, 11) is -3.13. The zero-order valence-corrected chi connectivity index (χ0v) is 26.0. The molecule has 0 aliphatic carbocycles. The van der Waals surface area contributed by atoms with E-state index in [1.807, 2.05) is 72.8 Å². The maximum atomic E-state index is 14.2. The second-order valence-electron chi connectivity index (χ2n) is 11.3. The van der Waals surface area contributed by atoms with Crippen LogP contribution in [0.3, 0.4) is 0 Å². The topological polar surface area (TPSA) is 143 Å². The Morgan fingerprint density at radius 2 is 1.63 bits per heavy atom. The van der Waals surface area contributed by atoms with Gasteiger partial charge in [0.2, 0.25) is 11.8 Å². The quantitative estimate of drug-likeness (QED) is 0.236. The lowest BCUT2D eigenvalue weighted by atomic mass is 9.99. The third-order valence-corrected chi connectivity index (χ3v) is 8.80. The smallest absolute Gasteiger partial charge is 0.404 e. The Labute approximate surface area is 266 Å². The van der Waals surface area contributed by atoms with Crippen LogP contribution in [0.2, 0.25) is 0 Å². The Bertz CT molecular complexity index is 1790. The predicted octanol–water partition coefficient (Wildman–Crippen LogP) is 3.49. The van der Waals surface area contributed by atoms with E-state index >= 15 is 0 Å². The normalized spacial score (nSPS) is 18.5. The standard InChI is InChI=1S/C33H34N5O7P/c1-35(33(41)34-19-24-8-3-2-4-9-24)37-22-31(39)38-29(18-23-14-16-27(17-15-23)45-46(42,43)44)32(40)36(21-30(37)38)20-26-12-7-11-25-10-5-6-13-28(25)26/h2-17,29-30H,18-22H2,1H3,(H,34,41)(H2,42,43,44)/t29-,30+/m0/s1. The number of carbonyl (C=O) groups is 3. The number of rotatable bonds is 9. The molecule has 46 heavy (non-hydrogen) atoms. The lowest BCUT2D eigenvalue weighted by Crippen LogP contribution is -2.65. The number of phosphoric acid groups is 1. The average Bonchev–Trinajstić information content (AvgIpc) is 3.37. The second kappa shape index (κ2) is 12.9. The van der Waals surface area contributed by atoms with Crippen LogP contribution >= 0.6 is 7.82 Å². The number of hydrazine groups is 1. The number of amides is 4. The maximum absolute atomic E-state index is 14.2. The summed E-state index contributed by atoms with van der Waals surface area (Å²) in [6.45, 7) is 0.731. The van der Waals surface area contributed by atoms with Gasteiger partial charge in [-0.05, 0) is 39.6 Å². The molecule has 2 heterocycles. The van der Waals surface area contributed by atoms with Crippen molar-refractivity contribution in [1.82, 2.24) is 25.1 Å². The maximum Gasteiger partial charge on any atom is 0.524 e. The first-order chi connectivity index (χ1) is 22.1. The predicted molar refractivity (Wildman–Crippen MR) is 170 cm³/mol. The molecule has 4 aromatic carbocycles. The Morgan fingerprint density at radius 3 is 2.37 bits per heavy atom. The fraction of sp³-hybridized carbons (Fsp3) is 0.242. The van der Waals surface area contributed by atoms with Gasteiger partial charge in [-0.25, -0.2) is 9.36 Å². The van der Waals surface area contributed by atoms with Crippen molar-refractivity contribution in [3.05, 3.63) is 114 Å². The van der Waals surface area contributed by atoms with Crippen molar-refractivity contribution < 1.29 is 33.3 Å². The minimum absolute atomic E-state index is 0.0194. The number of nitrogens with zero attached hydrogens (tertiary/aromatic N) is 4. The summed E-state index contributed by atoms with van der Waals surface area (Å²) in [5, 5.41) is 8.07. The molecule has 2 saturated heterocycles. The van der Waals surface area contributed by atoms with Crippen LogP contribution in [0.25, 0.3) is 10.8 Å². The molecule has 2 atom stereocenters. The van der Waals surface area contributed by atoms with Crippen molar-refractivity contribution in [2.45, 2.75) is 31.7 Å². The van der Waals surface area contributed by atoms with Crippen molar-refractivity contribution in [2.75, 3.05) is 20.1 Å². The molecule has 2 aliphatic rings. The first-order valence-electron chi connectivity index (χ1n) is 14.8. The van der Waals surface area contributed by atoms with Gasteiger partial charge in [0.25, 0.3) is 0 Å². The van der Waals surface area contributed by atoms with Gasteiger partial charge in [0, 0.05) is 26.6 Å². The van der Waals surface area contributed by atoms with Crippen molar-refractivity contribution >= 4 is 36.4 Å². The van der Waals surface area contributed by atoms with E-state index in [4.69, 9.17) is 9.79 Å². The second-order valence-corrected chi connectivity index (χ2v) is 12.5. The van der Waals surface area contributed by atoms with Gasteiger partial charge in [0.05, 0.1) is 13.1 Å². The van der Waals surface area contributed by atoms with E-state index in [9.17, 15) is 18.9 Å². The molecule has 0 unspecified atom stereocenters. The van der Waals surface area contributed by atoms with E-state index < -0.39 is 20.0 Å². The molecule has 0 spiro atoms. The molecule has 238 valence electrons. The van der Waals surface area contributed by atoms with Crippen LogP contribution in [-0.4, -0.2) is 79.8 Å². The molecule has 0 radical (unpaired) electrons. The van der Waals surface area contributed by atoms with Gasteiger partial charge in [0.15, 0.2) is 0 Å². The van der Waals surface area contributed by atoms with E-state index in [1.165, 1.54) is 17.1 Å². The lowest BCUT2D eigenvalue weighted by Gasteiger charge is -2.46. The van der Waals surface area contributed by atoms with Crippen molar-refractivity contribution in [1.29, 1.82) is 0 Å². The van der Waals surface area contributed by atoms with Gasteiger partial charge in [-0.2, -0.15) is 5.01 Å². The van der Waals surface area contributed by atoms with E-state index in [1.54, 1.807) is 34.0 Å². The molecule has 4 aromatic rings. The third-order valence-electron chi connectivity index (χ3n) is 8.35. The zero-order valence-electron chi connectivity index (χ0n) is 25.1. The van der Waals surface area contributed by atoms with E-state index in [-0.39, 0.29) is 43.1 Å². The molecule has 0 bridgehead atoms. The van der Waals surface area contributed by atoms with Crippen molar-refractivity contribution in [3.8, 4) is 5.75 Å². The van der Waals surface area contributed by atoms with Crippen LogP contribution in [0, 0.1) is 0 Å². The number of nitrogens with one attached hydrogen (secondary N) is 1. The number of carbonyl (C=O) groups excluding carboxylic acids is 3. The van der Waals surface area contributed by atoms with E-state index in [0.29, 0.717) is 18.7 Å². The van der Waals surface area contributed by atoms with Gasteiger partial charge in [-0.1, -0.05) is 84.9 Å². The number of hydrogen-bond donors (Lipinski definition) is 3. The monoisotopic (exact) mass is 643 g/mol. The minimum Gasteiger partial charge on any atom is -0.404 e. The summed E-state index contributed by atoms with van der Waals surface area (Å²) in [4.78, 5) is 62.6. The first kappa shape index (κ1) is 31.3. The highest BCUT2D eigenvalue weighted by Gasteiger charge is 2.51. The number of fused-ring (bicyclic) bond motifs is 2. The summed E-state index contributed by atoms with van der Waals surface area (Å²) in [5.74, 6) is -0.530. The SMILES string of the molecule is CN(C(=O)NCc1ccccc1)N1CC(=O)N2[C@@H](Cc3ccc(OP(=O)(O)O)cc3)C(=O)N(Cc3cccc4ccccc34)C[C@@H]21. The molecule has 13 heteroatoms. The number of urea groups is 1. The average molecular weight is 644 g/mol. The Balaban J connectivity index is 1.28. The lowest BCUT2D eigenvalue weighted by molar-refractivity contribution is -0.157. The number of benzene rings is 4. The van der Waals surface area contributed by atoms with Crippen LogP contribution in [-0.2, 0) is 33.7 Å². The molecule has 2 fully saturated rings. The fourth-order valence-corrected chi connectivity index (χ4v) is 6.53. The molecule has 2 aliphatic heterocycles. The fourth-order valence-electron chi connectivity index (χ4n) is 6.14. The van der Waals surface area contributed by atoms with Crippen molar-refractivity contribution in [2.24, 2.45) is 0 Å². The Kier molecular flexibility index (Phi) is 8.79. The van der Waals surface area contributed by atoms with Crippen LogP contribution < -0.4 is 9.84 Å². The summed E-state index contributed by atoms with van der Waals surface area (Å²) in [6, 6.07) is 28.2. The molecular formula is C33H34N5O7P. The largest absolute Gasteiger partial charge is 0.524 e. The van der Waals surface area contributed by atoms with Crippen LogP contribution in [0.15, 0.2) is 97.1 Å².